The Morgan fingerprint density at radius 1 is 1.58 bits per heavy atom. The van der Waals surface area contributed by atoms with Crippen LogP contribution in [0.5, 0.6) is 0 Å². The van der Waals surface area contributed by atoms with Gasteiger partial charge in [0.1, 0.15) is 5.67 Å². The normalized spacial score (nSPS) is 31.8. The van der Waals surface area contributed by atoms with Gasteiger partial charge in [-0.15, -0.1) is 0 Å². The lowest BCUT2D eigenvalue weighted by atomic mass is 10.1. The lowest BCUT2D eigenvalue weighted by molar-refractivity contribution is -0.00823. The molecule has 72 valence electrons. The standard InChI is InChI=1S/C9H18FNO/c1-8(2)12-7-9(10)4-5-11(3)6-9/h8H,4-7H2,1-3H3/t9-/m0/s1. The molecule has 0 bridgehead atoms. The van der Waals surface area contributed by atoms with Crippen LogP contribution in [-0.2, 0) is 4.74 Å². The van der Waals surface area contributed by atoms with Crippen molar-refractivity contribution in [2.24, 2.45) is 0 Å². The first-order valence-electron chi connectivity index (χ1n) is 4.51. The van der Waals surface area contributed by atoms with Gasteiger partial charge < -0.3 is 9.64 Å². The fraction of sp³-hybridized carbons (Fsp3) is 1.00. The number of hydrogen-bond donors (Lipinski definition) is 0. The van der Waals surface area contributed by atoms with E-state index in [1.807, 2.05) is 25.8 Å². The number of rotatable bonds is 3. The molecule has 0 N–H and O–H groups in total. The molecule has 1 atom stereocenters. The smallest absolute Gasteiger partial charge is 0.148 e. The number of hydrogen-bond acceptors (Lipinski definition) is 2. The molecule has 0 saturated carbocycles. The van der Waals surface area contributed by atoms with Gasteiger partial charge in [0.05, 0.1) is 12.7 Å². The minimum Gasteiger partial charge on any atom is -0.375 e. The fourth-order valence-corrected chi connectivity index (χ4v) is 1.47. The van der Waals surface area contributed by atoms with Crippen molar-refractivity contribution in [1.82, 2.24) is 4.90 Å². The fourth-order valence-electron chi connectivity index (χ4n) is 1.47. The Kier molecular flexibility index (Phi) is 3.07. The Labute approximate surface area is 73.7 Å². The van der Waals surface area contributed by atoms with Crippen molar-refractivity contribution in [3.63, 3.8) is 0 Å². The third-order valence-electron chi connectivity index (χ3n) is 2.17. The first kappa shape index (κ1) is 9.93. The summed E-state index contributed by atoms with van der Waals surface area (Å²) in [4.78, 5) is 2.00. The minimum absolute atomic E-state index is 0.128. The zero-order chi connectivity index (χ0) is 9.19. The van der Waals surface area contributed by atoms with E-state index in [1.165, 1.54) is 0 Å². The molecule has 0 aromatic heterocycles. The summed E-state index contributed by atoms with van der Waals surface area (Å²) in [5, 5.41) is 0. The maximum absolute atomic E-state index is 13.8. The highest BCUT2D eigenvalue weighted by molar-refractivity contribution is 4.89. The van der Waals surface area contributed by atoms with Crippen LogP contribution in [0.4, 0.5) is 4.39 Å². The van der Waals surface area contributed by atoms with Crippen molar-refractivity contribution in [2.75, 3.05) is 26.7 Å². The monoisotopic (exact) mass is 175 g/mol. The summed E-state index contributed by atoms with van der Waals surface area (Å²) in [6.45, 7) is 5.47. The average Bonchev–Trinajstić information content (AvgIpc) is 2.29. The highest BCUT2D eigenvalue weighted by Crippen LogP contribution is 2.24. The highest BCUT2D eigenvalue weighted by atomic mass is 19.1. The van der Waals surface area contributed by atoms with Crippen molar-refractivity contribution in [3.8, 4) is 0 Å². The van der Waals surface area contributed by atoms with Crippen LogP contribution >= 0.6 is 0 Å². The van der Waals surface area contributed by atoms with Crippen LogP contribution in [0.25, 0.3) is 0 Å². The summed E-state index contributed by atoms with van der Waals surface area (Å²) in [6.07, 6.45) is 0.736. The molecular weight excluding hydrogens is 157 g/mol. The van der Waals surface area contributed by atoms with Crippen molar-refractivity contribution in [2.45, 2.75) is 32.0 Å². The van der Waals surface area contributed by atoms with Crippen LogP contribution in [-0.4, -0.2) is 43.4 Å². The number of ether oxygens (including phenoxy) is 1. The van der Waals surface area contributed by atoms with E-state index in [0.29, 0.717) is 13.0 Å². The van der Waals surface area contributed by atoms with E-state index >= 15 is 0 Å². The van der Waals surface area contributed by atoms with Gasteiger partial charge in [-0.05, 0) is 27.3 Å². The molecular formula is C9H18FNO. The minimum atomic E-state index is -1.10. The number of halogens is 1. The maximum Gasteiger partial charge on any atom is 0.148 e. The van der Waals surface area contributed by atoms with E-state index in [-0.39, 0.29) is 12.7 Å². The van der Waals surface area contributed by atoms with Gasteiger partial charge in [0.2, 0.25) is 0 Å². The van der Waals surface area contributed by atoms with Crippen LogP contribution in [0.1, 0.15) is 20.3 Å². The number of alkyl halides is 1. The predicted molar refractivity (Wildman–Crippen MR) is 47.0 cm³/mol. The third-order valence-corrected chi connectivity index (χ3v) is 2.17. The van der Waals surface area contributed by atoms with Crippen molar-refractivity contribution in [3.05, 3.63) is 0 Å². The second-order valence-electron chi connectivity index (χ2n) is 4.00. The topological polar surface area (TPSA) is 12.5 Å². The van der Waals surface area contributed by atoms with Gasteiger partial charge in [-0.1, -0.05) is 0 Å². The summed E-state index contributed by atoms with van der Waals surface area (Å²) in [5.74, 6) is 0. The SMILES string of the molecule is CC(C)OC[C@]1(F)CCN(C)C1. The molecule has 0 aromatic carbocycles. The van der Waals surface area contributed by atoms with Crippen LogP contribution in [0.15, 0.2) is 0 Å². The van der Waals surface area contributed by atoms with E-state index in [0.717, 1.165) is 6.54 Å². The van der Waals surface area contributed by atoms with Crippen LogP contribution < -0.4 is 0 Å². The molecule has 1 fully saturated rings. The van der Waals surface area contributed by atoms with E-state index < -0.39 is 5.67 Å². The molecule has 12 heavy (non-hydrogen) atoms. The summed E-state index contributed by atoms with van der Waals surface area (Å²) in [5.41, 5.74) is -1.10. The Morgan fingerprint density at radius 3 is 2.67 bits per heavy atom. The van der Waals surface area contributed by atoms with Gasteiger partial charge in [0.15, 0.2) is 0 Å². The Hall–Kier alpha value is -0.150. The van der Waals surface area contributed by atoms with Gasteiger partial charge in [-0.25, -0.2) is 4.39 Å². The predicted octanol–water partition coefficient (Wildman–Crippen LogP) is 1.46. The van der Waals surface area contributed by atoms with Crippen LogP contribution in [0.3, 0.4) is 0 Å². The highest BCUT2D eigenvalue weighted by Gasteiger charge is 2.37. The molecule has 1 saturated heterocycles. The van der Waals surface area contributed by atoms with Crippen molar-refractivity contribution in [1.29, 1.82) is 0 Å². The van der Waals surface area contributed by atoms with Gasteiger partial charge in [-0.3, -0.25) is 0 Å². The van der Waals surface area contributed by atoms with Crippen molar-refractivity contribution >= 4 is 0 Å². The Bertz CT molecular complexity index is 151. The molecule has 0 aromatic rings. The van der Waals surface area contributed by atoms with E-state index in [9.17, 15) is 4.39 Å². The average molecular weight is 175 g/mol. The molecule has 0 spiro atoms. The molecule has 3 heteroatoms. The second-order valence-corrected chi connectivity index (χ2v) is 4.00. The van der Waals surface area contributed by atoms with Gasteiger partial charge >= 0.3 is 0 Å². The van der Waals surface area contributed by atoms with E-state index in [1.54, 1.807) is 0 Å². The molecule has 1 aliphatic heterocycles. The molecule has 1 heterocycles. The molecule has 1 rings (SSSR count). The summed E-state index contributed by atoms with van der Waals surface area (Å²) < 4.78 is 19.0. The zero-order valence-corrected chi connectivity index (χ0v) is 8.14. The van der Waals surface area contributed by atoms with E-state index in [2.05, 4.69) is 0 Å². The summed E-state index contributed by atoms with van der Waals surface area (Å²) >= 11 is 0. The molecule has 0 aliphatic carbocycles. The van der Waals surface area contributed by atoms with E-state index in [4.69, 9.17) is 4.74 Å². The second kappa shape index (κ2) is 3.71. The number of likely N-dealkylation sites (tertiary alicyclic amines) is 1. The van der Waals surface area contributed by atoms with Crippen LogP contribution in [0, 0.1) is 0 Å². The summed E-state index contributed by atoms with van der Waals surface area (Å²) in [7, 11) is 1.94. The first-order valence-corrected chi connectivity index (χ1v) is 4.51. The molecule has 0 unspecified atom stereocenters. The maximum atomic E-state index is 13.8. The first-order chi connectivity index (χ1) is 5.52. The largest absolute Gasteiger partial charge is 0.375 e. The molecule has 1 aliphatic rings. The van der Waals surface area contributed by atoms with Gasteiger partial charge in [-0.2, -0.15) is 0 Å². The molecule has 2 nitrogen and oxygen atoms in total. The lowest BCUT2D eigenvalue weighted by Crippen LogP contribution is -2.33. The third kappa shape index (κ3) is 2.72. The molecule has 0 radical (unpaired) electrons. The van der Waals surface area contributed by atoms with Gasteiger partial charge in [0.25, 0.3) is 0 Å². The summed E-state index contributed by atoms with van der Waals surface area (Å²) in [6, 6.07) is 0. The lowest BCUT2D eigenvalue weighted by Gasteiger charge is -2.20. The number of nitrogens with zero attached hydrogens (tertiary/aromatic N) is 1. The Balaban J connectivity index is 2.30. The quantitative estimate of drug-likeness (QED) is 0.644. The Morgan fingerprint density at radius 2 is 2.25 bits per heavy atom. The zero-order valence-electron chi connectivity index (χ0n) is 8.14. The van der Waals surface area contributed by atoms with Crippen molar-refractivity contribution < 1.29 is 9.13 Å². The molecule has 0 amide bonds. The van der Waals surface area contributed by atoms with Gasteiger partial charge in [0, 0.05) is 13.1 Å². The van der Waals surface area contributed by atoms with Crippen LogP contribution in [0.2, 0.25) is 0 Å².